The molecule has 3 aromatic rings. The molecule has 0 radical (unpaired) electrons. The number of rotatable bonds is 8. The largest absolute Gasteiger partial charge is 0.452 e. The second-order valence-electron chi connectivity index (χ2n) is 6.90. The van der Waals surface area contributed by atoms with Gasteiger partial charge in [-0.1, -0.05) is 66.1 Å². The highest BCUT2D eigenvalue weighted by Crippen LogP contribution is 2.23. The number of hydrogen-bond donors (Lipinski definition) is 1. The summed E-state index contributed by atoms with van der Waals surface area (Å²) < 4.78 is 6.79. The Labute approximate surface area is 181 Å². The fraction of sp³-hybridized carbons (Fsp3) is 0.160. The molecule has 6 heteroatoms. The molecule has 0 fully saturated rings. The first-order valence-corrected chi connectivity index (χ1v) is 9.78. The van der Waals surface area contributed by atoms with E-state index in [1.165, 1.54) is 11.6 Å². The molecule has 0 spiro atoms. The predicted molar refractivity (Wildman–Crippen MR) is 120 cm³/mol. The van der Waals surface area contributed by atoms with Gasteiger partial charge in [0.1, 0.15) is 0 Å². The quantitative estimate of drug-likeness (QED) is 0.350. The van der Waals surface area contributed by atoms with Crippen LogP contribution in [0.2, 0.25) is 0 Å². The van der Waals surface area contributed by atoms with Crippen LogP contribution in [0.15, 0.2) is 66.9 Å². The van der Waals surface area contributed by atoms with E-state index in [0.717, 1.165) is 22.4 Å². The zero-order chi connectivity index (χ0) is 22.1. The van der Waals surface area contributed by atoms with Crippen LogP contribution in [-0.2, 0) is 20.9 Å². The van der Waals surface area contributed by atoms with Crippen molar-refractivity contribution in [2.24, 2.45) is 0 Å². The number of carbonyl (C=O) groups excluding carboxylic acids is 2. The molecule has 0 aliphatic carbocycles. The Hall–Kier alpha value is -4.11. The molecule has 31 heavy (non-hydrogen) atoms. The summed E-state index contributed by atoms with van der Waals surface area (Å²) in [6, 6.07) is 18.0. The first-order chi connectivity index (χ1) is 15.0. The van der Waals surface area contributed by atoms with Crippen molar-refractivity contribution in [3.8, 4) is 23.6 Å². The number of benzene rings is 2. The van der Waals surface area contributed by atoms with Crippen LogP contribution < -0.4 is 5.32 Å². The van der Waals surface area contributed by atoms with E-state index < -0.39 is 11.9 Å². The zero-order valence-corrected chi connectivity index (χ0v) is 17.2. The molecular formula is C25H23N3O3. The molecule has 0 saturated heterocycles. The van der Waals surface area contributed by atoms with Gasteiger partial charge in [0.25, 0.3) is 5.91 Å². The average Bonchev–Trinajstić information content (AvgIpc) is 3.19. The summed E-state index contributed by atoms with van der Waals surface area (Å²) in [6.45, 7) is 2.36. The maximum Gasteiger partial charge on any atom is 0.331 e. The molecule has 156 valence electrons. The number of ether oxygens (including phenoxy) is 1. The first-order valence-electron chi connectivity index (χ1n) is 9.78. The summed E-state index contributed by atoms with van der Waals surface area (Å²) in [5, 5.41) is 7.15. The van der Waals surface area contributed by atoms with Gasteiger partial charge in [0, 0.05) is 23.4 Å². The van der Waals surface area contributed by atoms with Crippen LogP contribution >= 0.6 is 0 Å². The van der Waals surface area contributed by atoms with Crippen molar-refractivity contribution in [1.82, 2.24) is 15.1 Å². The topological polar surface area (TPSA) is 73.2 Å². The van der Waals surface area contributed by atoms with Crippen LogP contribution in [-0.4, -0.2) is 34.8 Å². The third-order valence-corrected chi connectivity index (χ3v) is 4.43. The molecule has 0 aliphatic rings. The molecule has 2 aromatic carbocycles. The fourth-order valence-electron chi connectivity index (χ4n) is 2.88. The number of terminal acetylenes is 1. The van der Waals surface area contributed by atoms with E-state index in [1.54, 1.807) is 6.08 Å². The first kappa shape index (κ1) is 21.6. The average molecular weight is 413 g/mol. The van der Waals surface area contributed by atoms with E-state index in [2.05, 4.69) is 35.5 Å². The van der Waals surface area contributed by atoms with E-state index in [-0.39, 0.29) is 13.2 Å². The summed E-state index contributed by atoms with van der Waals surface area (Å²) in [5.41, 5.74) is 4.78. The van der Waals surface area contributed by atoms with Crippen molar-refractivity contribution < 1.29 is 14.3 Å². The maximum absolute atomic E-state index is 12.0. The number of hydrogen-bond acceptors (Lipinski definition) is 4. The van der Waals surface area contributed by atoms with Crippen LogP contribution in [0.5, 0.6) is 0 Å². The van der Waals surface area contributed by atoms with Crippen molar-refractivity contribution in [1.29, 1.82) is 0 Å². The number of aromatic nitrogens is 2. The third kappa shape index (κ3) is 6.44. The number of amides is 1. The van der Waals surface area contributed by atoms with Gasteiger partial charge < -0.3 is 10.1 Å². The summed E-state index contributed by atoms with van der Waals surface area (Å²) >= 11 is 0. The Balaban J connectivity index is 1.76. The normalized spacial score (nSPS) is 10.6. The van der Waals surface area contributed by atoms with Gasteiger partial charge in [-0.05, 0) is 18.6 Å². The van der Waals surface area contributed by atoms with E-state index >= 15 is 0 Å². The molecule has 0 atom stereocenters. The Kier molecular flexibility index (Phi) is 7.39. The maximum atomic E-state index is 12.0. The predicted octanol–water partition coefficient (Wildman–Crippen LogP) is 3.21. The highest BCUT2D eigenvalue weighted by atomic mass is 16.5. The van der Waals surface area contributed by atoms with Gasteiger partial charge in [0.05, 0.1) is 18.8 Å². The molecule has 1 amide bonds. The molecule has 1 heterocycles. The second kappa shape index (κ2) is 10.6. The van der Waals surface area contributed by atoms with Crippen LogP contribution in [0, 0.1) is 19.3 Å². The van der Waals surface area contributed by atoms with Gasteiger partial charge >= 0.3 is 5.97 Å². The molecule has 0 bridgehead atoms. The summed E-state index contributed by atoms with van der Waals surface area (Å²) in [7, 11) is 0. The third-order valence-electron chi connectivity index (χ3n) is 4.43. The standard InChI is InChI=1S/C25H23N3O3/c1-3-15-26-23(29)18-31-24(30)14-13-22-17-28(16-20-11-9-19(2)10-12-20)27-25(22)21-7-5-4-6-8-21/h1,4-14,17H,15-16,18H2,2H3,(H,26,29)/b14-13+. The molecule has 3 rings (SSSR count). The lowest BCUT2D eigenvalue weighted by Crippen LogP contribution is -2.28. The van der Waals surface area contributed by atoms with Gasteiger partial charge in [-0.3, -0.25) is 9.48 Å². The molecule has 0 aliphatic heterocycles. The number of nitrogens with one attached hydrogen (secondary N) is 1. The Morgan fingerprint density at radius 3 is 2.61 bits per heavy atom. The summed E-state index contributed by atoms with van der Waals surface area (Å²) in [6.07, 6.45) is 9.88. The highest BCUT2D eigenvalue weighted by Gasteiger charge is 2.11. The van der Waals surface area contributed by atoms with E-state index in [4.69, 9.17) is 16.3 Å². The van der Waals surface area contributed by atoms with Crippen molar-refractivity contribution in [2.75, 3.05) is 13.2 Å². The molecular weight excluding hydrogens is 390 g/mol. The van der Waals surface area contributed by atoms with Gasteiger partial charge in [-0.15, -0.1) is 6.42 Å². The molecule has 1 N–H and O–H groups in total. The lowest BCUT2D eigenvalue weighted by atomic mass is 10.1. The van der Waals surface area contributed by atoms with Crippen molar-refractivity contribution >= 4 is 18.0 Å². The van der Waals surface area contributed by atoms with Gasteiger partial charge in [-0.2, -0.15) is 5.10 Å². The highest BCUT2D eigenvalue weighted by molar-refractivity contribution is 5.90. The summed E-state index contributed by atoms with van der Waals surface area (Å²) in [4.78, 5) is 23.5. The van der Waals surface area contributed by atoms with Crippen LogP contribution in [0.3, 0.4) is 0 Å². The monoisotopic (exact) mass is 413 g/mol. The number of carbonyl (C=O) groups is 2. The van der Waals surface area contributed by atoms with Crippen molar-refractivity contribution in [3.05, 3.63) is 83.6 Å². The Morgan fingerprint density at radius 1 is 1.16 bits per heavy atom. The van der Waals surface area contributed by atoms with Crippen LogP contribution in [0.1, 0.15) is 16.7 Å². The Bertz CT molecular complexity index is 1110. The number of esters is 1. The van der Waals surface area contributed by atoms with Gasteiger partial charge in [0.15, 0.2) is 6.61 Å². The minimum absolute atomic E-state index is 0.0901. The smallest absolute Gasteiger partial charge is 0.331 e. The SMILES string of the molecule is C#CCNC(=O)COC(=O)/C=C/c1cn(Cc2ccc(C)cc2)nc1-c1ccccc1. The molecule has 0 unspecified atom stereocenters. The lowest BCUT2D eigenvalue weighted by Gasteiger charge is -2.02. The minimum Gasteiger partial charge on any atom is -0.452 e. The van der Waals surface area contributed by atoms with Crippen molar-refractivity contribution in [3.63, 3.8) is 0 Å². The van der Waals surface area contributed by atoms with Crippen LogP contribution in [0.25, 0.3) is 17.3 Å². The van der Waals surface area contributed by atoms with Gasteiger partial charge in [-0.25, -0.2) is 4.79 Å². The zero-order valence-electron chi connectivity index (χ0n) is 17.2. The molecule has 6 nitrogen and oxygen atoms in total. The van der Waals surface area contributed by atoms with Crippen LogP contribution in [0.4, 0.5) is 0 Å². The second-order valence-corrected chi connectivity index (χ2v) is 6.90. The van der Waals surface area contributed by atoms with Gasteiger partial charge in [0.2, 0.25) is 0 Å². The van der Waals surface area contributed by atoms with Crippen molar-refractivity contribution in [2.45, 2.75) is 13.5 Å². The number of nitrogens with zero attached hydrogens (tertiary/aromatic N) is 2. The minimum atomic E-state index is -0.624. The van der Waals surface area contributed by atoms with E-state index in [0.29, 0.717) is 6.54 Å². The Morgan fingerprint density at radius 2 is 1.90 bits per heavy atom. The van der Waals surface area contributed by atoms with E-state index in [9.17, 15) is 9.59 Å². The number of aryl methyl sites for hydroxylation is 1. The fourth-order valence-corrected chi connectivity index (χ4v) is 2.88. The lowest BCUT2D eigenvalue weighted by molar-refractivity contribution is -0.143. The van der Waals surface area contributed by atoms with E-state index in [1.807, 2.05) is 48.1 Å². The summed E-state index contributed by atoms with van der Waals surface area (Å²) in [5.74, 6) is 1.21. The molecule has 1 aromatic heterocycles. The molecule has 0 saturated carbocycles.